The van der Waals surface area contributed by atoms with Gasteiger partial charge in [-0.3, -0.25) is 0 Å². The minimum atomic E-state index is -0.610. The molecule has 2 rings (SSSR count). The molecule has 0 atom stereocenters. The summed E-state index contributed by atoms with van der Waals surface area (Å²) in [5.74, 6) is 0. The Labute approximate surface area is 127 Å². The minimum absolute atomic E-state index is 0. The zero-order valence-corrected chi connectivity index (χ0v) is 14.7. The Kier molecular flexibility index (Phi) is 11.5. The maximum atomic E-state index is 4.99. The normalized spacial score (nSPS) is 11.8. The summed E-state index contributed by atoms with van der Waals surface area (Å²) in [6.07, 6.45) is 6.86. The molecule has 1 heterocycles. The van der Waals surface area contributed by atoms with Crippen molar-refractivity contribution in [2.45, 2.75) is 26.4 Å². The summed E-state index contributed by atoms with van der Waals surface area (Å²) in [7, 11) is -0.610. The first kappa shape index (κ1) is 19.0. The van der Waals surface area contributed by atoms with Gasteiger partial charge in [0.2, 0.25) is 0 Å². The summed E-state index contributed by atoms with van der Waals surface area (Å²) in [6.45, 7) is 6.46. The smallest absolute Gasteiger partial charge is 1.00 e. The van der Waals surface area contributed by atoms with Crippen LogP contribution in [0.2, 0.25) is 13.1 Å². The second-order valence-electron chi connectivity index (χ2n) is 3.69. The molecule has 16 heavy (non-hydrogen) atoms. The van der Waals surface area contributed by atoms with Crippen molar-refractivity contribution < 1.29 is 56.9 Å². The van der Waals surface area contributed by atoms with Crippen molar-refractivity contribution in [3.05, 3.63) is 29.2 Å². The van der Waals surface area contributed by atoms with E-state index < -0.39 is 9.04 Å². The molecule has 0 bridgehead atoms. The third-order valence-electron chi connectivity index (χ3n) is 1.88. The number of furan rings is 1. The van der Waals surface area contributed by atoms with Crippen molar-refractivity contribution in [3.8, 4) is 0 Å². The van der Waals surface area contributed by atoms with E-state index in [0.717, 1.165) is 6.42 Å². The Morgan fingerprint density at radius 1 is 1.31 bits per heavy atom. The van der Waals surface area contributed by atoms with Crippen LogP contribution in [0.1, 0.15) is 18.1 Å². The summed E-state index contributed by atoms with van der Waals surface area (Å²) in [4.78, 5) is 0. The first-order valence-corrected chi connectivity index (χ1v) is 8.46. The Morgan fingerprint density at radius 2 is 1.88 bits per heavy atom. The van der Waals surface area contributed by atoms with E-state index in [0.29, 0.717) is 0 Å². The molecule has 1 aliphatic rings. The van der Waals surface area contributed by atoms with Crippen molar-refractivity contribution in [2.75, 3.05) is 0 Å². The van der Waals surface area contributed by atoms with Gasteiger partial charge in [-0.1, -0.05) is 11.6 Å². The Hall–Kier alpha value is 0.660. The predicted octanol–water partition coefficient (Wildman–Crippen LogP) is -3.30. The molecular weight excluding hydrogens is 342 g/mol. The number of halogens is 2. The molecule has 0 amide bonds. The second-order valence-corrected chi connectivity index (χ2v) is 7.76. The van der Waals surface area contributed by atoms with E-state index in [1.165, 1.54) is 41.9 Å². The van der Waals surface area contributed by atoms with Crippen LogP contribution in [0.5, 0.6) is 0 Å². The average Bonchev–Trinajstić information content (AvgIpc) is 2.64. The topological polar surface area (TPSA) is 22.4 Å². The van der Waals surface area contributed by atoms with Crippen LogP contribution in [-0.2, 0) is 34.1 Å². The number of allylic oxidation sites excluding steroid dienone is 1. The van der Waals surface area contributed by atoms with Crippen LogP contribution < -0.4 is 24.8 Å². The van der Waals surface area contributed by atoms with Crippen molar-refractivity contribution in [1.29, 1.82) is 0 Å². The molecular formula is C10H15Cl2O2SiZr. The Bertz CT molecular complexity index is 326. The van der Waals surface area contributed by atoms with Gasteiger partial charge in [0.25, 0.3) is 0 Å². The fourth-order valence-corrected chi connectivity index (χ4v) is 1.22. The van der Waals surface area contributed by atoms with Crippen LogP contribution in [0.25, 0.3) is 6.08 Å². The van der Waals surface area contributed by atoms with E-state index in [4.69, 9.17) is 6.92 Å². The molecule has 0 aliphatic heterocycles. The van der Waals surface area contributed by atoms with Crippen LogP contribution in [0, 0.1) is 0 Å². The first-order chi connectivity index (χ1) is 6.63. The van der Waals surface area contributed by atoms with Gasteiger partial charge in [-0.2, -0.15) is 0 Å². The third-order valence-corrected chi connectivity index (χ3v) is 5.83. The maximum Gasteiger partial charge on any atom is -1.00 e. The molecule has 1 aromatic heterocycles. The number of hydrogen-bond acceptors (Lipinski definition) is 2. The van der Waals surface area contributed by atoms with E-state index in [-0.39, 0.29) is 24.8 Å². The summed E-state index contributed by atoms with van der Waals surface area (Å²) in [5.41, 5.74) is 4.01. The van der Waals surface area contributed by atoms with Crippen LogP contribution in [0.4, 0.5) is 0 Å². The summed E-state index contributed by atoms with van der Waals surface area (Å²) in [5, 5.41) is 0. The zero-order valence-electron chi connectivity index (χ0n) is 9.59. The van der Waals surface area contributed by atoms with Gasteiger partial charge in [-0.25, -0.2) is 0 Å². The zero-order chi connectivity index (χ0) is 10.6. The largest absolute Gasteiger partial charge is 1.00 e. The van der Waals surface area contributed by atoms with E-state index in [2.05, 4.69) is 26.1 Å². The maximum absolute atomic E-state index is 4.99. The van der Waals surface area contributed by atoms with Crippen LogP contribution in [0.3, 0.4) is 0 Å². The van der Waals surface area contributed by atoms with Gasteiger partial charge in [0.15, 0.2) is 0 Å². The van der Waals surface area contributed by atoms with Crippen LogP contribution in [0.15, 0.2) is 22.5 Å². The fraction of sp³-hybridized carbons (Fsp3) is 0.400. The molecule has 1 aromatic rings. The van der Waals surface area contributed by atoms with E-state index in [1.807, 2.05) is 6.26 Å². The van der Waals surface area contributed by atoms with Crippen molar-refractivity contribution in [1.82, 2.24) is 0 Å². The molecule has 0 saturated heterocycles. The molecule has 0 N–H and O–H groups in total. The monoisotopic (exact) mass is 355 g/mol. The molecule has 89 valence electrons. The van der Waals surface area contributed by atoms with E-state index in [1.54, 1.807) is 6.26 Å². The molecule has 0 saturated carbocycles. The number of fused-ring (bicyclic) bond motifs is 1. The van der Waals surface area contributed by atoms with Gasteiger partial charge in [0, 0.05) is 11.1 Å². The summed E-state index contributed by atoms with van der Waals surface area (Å²) in [6, 6.07) is 0. The molecule has 0 aromatic carbocycles. The van der Waals surface area contributed by atoms with Crippen LogP contribution >= 0.6 is 0 Å². The van der Waals surface area contributed by atoms with Crippen molar-refractivity contribution in [2.24, 2.45) is 0 Å². The summed E-state index contributed by atoms with van der Waals surface area (Å²) < 4.78 is 9.97. The van der Waals surface area contributed by atoms with Crippen LogP contribution in [-0.4, -0.2) is 9.04 Å². The van der Waals surface area contributed by atoms with Gasteiger partial charge < -0.3 is 29.2 Å². The fourth-order valence-electron chi connectivity index (χ4n) is 1.22. The molecule has 0 fully saturated rings. The van der Waals surface area contributed by atoms with Crippen molar-refractivity contribution >= 4 is 15.1 Å². The molecule has 0 radical (unpaired) electrons. The van der Waals surface area contributed by atoms with Gasteiger partial charge in [0.1, 0.15) is 0 Å². The standard InChI is InChI=1S/C8H8O.C2H7OSi.2ClH.Zr/c1-6-2-7-4-9-5-8(7)3-6;1-4(2)3;;;/h2,4-5H,3H2,1H3;4H,1-2H3;2*1H;/q;-1;;;+3/p-2. The van der Waals surface area contributed by atoms with Gasteiger partial charge in [-0.15, -0.1) is 0 Å². The van der Waals surface area contributed by atoms with E-state index in [9.17, 15) is 0 Å². The number of hydrogen-bond donors (Lipinski definition) is 0. The number of rotatable bonds is 1. The Morgan fingerprint density at radius 3 is 2.31 bits per heavy atom. The summed E-state index contributed by atoms with van der Waals surface area (Å²) >= 11 is 1.23. The molecule has 6 heteroatoms. The van der Waals surface area contributed by atoms with Gasteiger partial charge in [0.05, 0.1) is 12.5 Å². The van der Waals surface area contributed by atoms with Crippen molar-refractivity contribution in [3.63, 3.8) is 0 Å². The van der Waals surface area contributed by atoms with Gasteiger partial charge >= 0.3 is 49.8 Å². The average molecular weight is 357 g/mol. The minimum Gasteiger partial charge on any atom is -1.00 e. The SMILES string of the molecule is CC1=Cc2cocc2C1.C[SiH](C)[O][Zr+2].[Cl-].[Cl-]. The third kappa shape index (κ3) is 6.41. The van der Waals surface area contributed by atoms with Gasteiger partial charge in [-0.05, 0) is 13.3 Å². The first-order valence-electron chi connectivity index (χ1n) is 4.68. The molecule has 0 unspecified atom stereocenters. The molecule has 1 aliphatic carbocycles. The molecule has 2 nitrogen and oxygen atoms in total. The Balaban J connectivity index is 0. The predicted molar refractivity (Wildman–Crippen MR) is 56.0 cm³/mol. The second kappa shape index (κ2) is 9.67. The quantitative estimate of drug-likeness (QED) is 0.492. The molecule has 0 spiro atoms. The van der Waals surface area contributed by atoms with E-state index >= 15 is 0 Å².